The van der Waals surface area contributed by atoms with Gasteiger partial charge in [0, 0.05) is 18.6 Å². The number of nitrogens with zero attached hydrogens (tertiary/aromatic N) is 4. The molecule has 0 aliphatic carbocycles. The third-order valence-corrected chi connectivity index (χ3v) is 4.62. The third kappa shape index (κ3) is 3.02. The maximum Gasteiger partial charge on any atom is 0.318 e. The molecule has 2 atom stereocenters. The van der Waals surface area contributed by atoms with Gasteiger partial charge in [0.1, 0.15) is 11.4 Å². The minimum Gasteiger partial charge on any atom is -0.332 e. The standard InChI is InChI=1S/C14H23N5O2/c1-10-7-12(18-5-3-4-6-18)9-19(10)14(20)15-8-13-11(2)16-21-17-13/h10,12H,3-9H2,1-2H3,(H,15,20). The van der Waals surface area contributed by atoms with Gasteiger partial charge < -0.3 is 10.2 Å². The fourth-order valence-electron chi connectivity index (χ4n) is 3.33. The van der Waals surface area contributed by atoms with Gasteiger partial charge in [-0.05, 0) is 46.2 Å². The van der Waals surface area contributed by atoms with Gasteiger partial charge in [0.05, 0.1) is 6.54 Å². The molecule has 1 aromatic heterocycles. The van der Waals surface area contributed by atoms with Gasteiger partial charge in [-0.3, -0.25) is 4.90 Å². The normalized spacial score (nSPS) is 26.5. The number of nitrogens with one attached hydrogen (secondary N) is 1. The quantitative estimate of drug-likeness (QED) is 0.905. The Morgan fingerprint density at radius 2 is 2.14 bits per heavy atom. The summed E-state index contributed by atoms with van der Waals surface area (Å²) in [6, 6.07) is 0.780. The van der Waals surface area contributed by atoms with Gasteiger partial charge in [-0.15, -0.1) is 0 Å². The van der Waals surface area contributed by atoms with E-state index in [0.29, 0.717) is 18.3 Å². The average molecular weight is 293 g/mol. The molecule has 21 heavy (non-hydrogen) atoms. The van der Waals surface area contributed by atoms with Crippen molar-refractivity contribution < 1.29 is 9.42 Å². The molecule has 7 heteroatoms. The first-order valence-corrected chi connectivity index (χ1v) is 7.71. The second kappa shape index (κ2) is 6.01. The van der Waals surface area contributed by atoms with E-state index in [1.165, 1.54) is 25.9 Å². The first-order valence-electron chi connectivity index (χ1n) is 7.71. The number of hydrogen-bond donors (Lipinski definition) is 1. The Hall–Kier alpha value is -1.63. The van der Waals surface area contributed by atoms with E-state index < -0.39 is 0 Å². The molecule has 2 amide bonds. The van der Waals surface area contributed by atoms with Crippen LogP contribution in [0.5, 0.6) is 0 Å². The molecule has 2 aliphatic heterocycles. The lowest BCUT2D eigenvalue weighted by Gasteiger charge is -2.24. The maximum absolute atomic E-state index is 12.3. The van der Waals surface area contributed by atoms with Crippen molar-refractivity contribution in [1.29, 1.82) is 0 Å². The van der Waals surface area contributed by atoms with Crippen LogP contribution in [0.2, 0.25) is 0 Å². The molecule has 3 rings (SSSR count). The van der Waals surface area contributed by atoms with Crippen molar-refractivity contribution in [2.24, 2.45) is 0 Å². The van der Waals surface area contributed by atoms with Gasteiger partial charge in [0.25, 0.3) is 0 Å². The van der Waals surface area contributed by atoms with Gasteiger partial charge >= 0.3 is 6.03 Å². The molecule has 3 heterocycles. The zero-order valence-electron chi connectivity index (χ0n) is 12.7. The van der Waals surface area contributed by atoms with E-state index in [1.54, 1.807) is 0 Å². The second-order valence-corrected chi connectivity index (χ2v) is 6.09. The zero-order valence-corrected chi connectivity index (χ0v) is 12.7. The van der Waals surface area contributed by atoms with Crippen LogP contribution in [-0.4, -0.2) is 57.9 Å². The van der Waals surface area contributed by atoms with Gasteiger partial charge in [-0.1, -0.05) is 10.3 Å². The van der Waals surface area contributed by atoms with Crippen molar-refractivity contribution in [3.63, 3.8) is 0 Å². The molecule has 0 radical (unpaired) electrons. The summed E-state index contributed by atoms with van der Waals surface area (Å²) in [5.41, 5.74) is 1.41. The Kier molecular flexibility index (Phi) is 4.10. The molecule has 2 unspecified atom stereocenters. The third-order valence-electron chi connectivity index (χ3n) is 4.62. The molecule has 116 valence electrons. The Bertz CT molecular complexity index is 497. The molecule has 1 N–H and O–H groups in total. The summed E-state index contributed by atoms with van der Waals surface area (Å²) < 4.78 is 4.64. The molecular weight excluding hydrogens is 270 g/mol. The highest BCUT2D eigenvalue weighted by atomic mass is 16.6. The molecule has 0 spiro atoms. The van der Waals surface area contributed by atoms with Crippen molar-refractivity contribution in [3.8, 4) is 0 Å². The smallest absolute Gasteiger partial charge is 0.318 e. The van der Waals surface area contributed by atoms with Crippen LogP contribution in [0.15, 0.2) is 4.63 Å². The second-order valence-electron chi connectivity index (χ2n) is 6.09. The van der Waals surface area contributed by atoms with Crippen LogP contribution >= 0.6 is 0 Å². The summed E-state index contributed by atoms with van der Waals surface area (Å²) in [6.45, 7) is 7.49. The van der Waals surface area contributed by atoms with Gasteiger partial charge in [0.15, 0.2) is 0 Å². The number of likely N-dealkylation sites (tertiary alicyclic amines) is 2. The number of aryl methyl sites for hydroxylation is 1. The molecule has 2 aliphatic rings. The van der Waals surface area contributed by atoms with E-state index in [9.17, 15) is 4.79 Å². The van der Waals surface area contributed by atoms with Crippen LogP contribution < -0.4 is 5.32 Å². The van der Waals surface area contributed by atoms with E-state index in [2.05, 4.69) is 32.1 Å². The van der Waals surface area contributed by atoms with Crippen molar-refractivity contribution >= 4 is 6.03 Å². The fourth-order valence-corrected chi connectivity index (χ4v) is 3.33. The predicted octanol–water partition coefficient (Wildman–Crippen LogP) is 1.15. The van der Waals surface area contributed by atoms with Crippen molar-refractivity contribution in [3.05, 3.63) is 11.4 Å². The van der Waals surface area contributed by atoms with Crippen LogP contribution in [-0.2, 0) is 6.54 Å². The Morgan fingerprint density at radius 3 is 2.81 bits per heavy atom. The van der Waals surface area contributed by atoms with E-state index in [4.69, 9.17) is 0 Å². The number of amides is 2. The zero-order chi connectivity index (χ0) is 14.8. The molecule has 2 saturated heterocycles. The van der Waals surface area contributed by atoms with Crippen molar-refractivity contribution in [2.75, 3.05) is 19.6 Å². The monoisotopic (exact) mass is 293 g/mol. The van der Waals surface area contributed by atoms with Crippen molar-refractivity contribution in [1.82, 2.24) is 25.4 Å². The summed E-state index contributed by atoms with van der Waals surface area (Å²) in [5.74, 6) is 0. The molecule has 7 nitrogen and oxygen atoms in total. The summed E-state index contributed by atoms with van der Waals surface area (Å²) in [6.07, 6.45) is 3.64. The number of carbonyl (C=O) groups excluding carboxylic acids is 1. The van der Waals surface area contributed by atoms with Gasteiger partial charge in [0.2, 0.25) is 0 Å². The van der Waals surface area contributed by atoms with Gasteiger partial charge in [-0.25, -0.2) is 9.42 Å². The van der Waals surface area contributed by atoms with E-state index in [1.807, 2.05) is 11.8 Å². The fraction of sp³-hybridized carbons (Fsp3) is 0.786. The maximum atomic E-state index is 12.3. The minimum absolute atomic E-state index is 0.0217. The molecule has 0 bridgehead atoms. The Morgan fingerprint density at radius 1 is 1.38 bits per heavy atom. The molecule has 2 fully saturated rings. The van der Waals surface area contributed by atoms with Crippen LogP contribution in [0.25, 0.3) is 0 Å². The average Bonchev–Trinajstić information content (AvgIpc) is 3.16. The number of carbonyl (C=O) groups is 1. The molecular formula is C14H23N5O2. The lowest BCUT2D eigenvalue weighted by molar-refractivity contribution is 0.189. The number of urea groups is 1. The Labute approximate surface area is 124 Å². The minimum atomic E-state index is -0.0217. The highest BCUT2D eigenvalue weighted by Crippen LogP contribution is 2.24. The van der Waals surface area contributed by atoms with Crippen LogP contribution in [0.1, 0.15) is 37.6 Å². The first-order chi connectivity index (χ1) is 10.1. The number of rotatable bonds is 3. The Balaban J connectivity index is 1.53. The lowest BCUT2D eigenvalue weighted by atomic mass is 10.2. The number of aromatic nitrogens is 2. The van der Waals surface area contributed by atoms with Crippen LogP contribution in [0, 0.1) is 6.92 Å². The largest absolute Gasteiger partial charge is 0.332 e. The highest BCUT2D eigenvalue weighted by Gasteiger charge is 2.36. The lowest BCUT2D eigenvalue weighted by Crippen LogP contribution is -2.43. The summed E-state index contributed by atoms with van der Waals surface area (Å²) >= 11 is 0. The summed E-state index contributed by atoms with van der Waals surface area (Å²) in [5, 5.41) is 10.4. The van der Waals surface area contributed by atoms with Crippen LogP contribution in [0.4, 0.5) is 4.79 Å². The van der Waals surface area contributed by atoms with E-state index in [0.717, 1.165) is 18.7 Å². The topological polar surface area (TPSA) is 74.5 Å². The molecule has 0 saturated carbocycles. The first kappa shape index (κ1) is 14.3. The summed E-state index contributed by atoms with van der Waals surface area (Å²) in [4.78, 5) is 16.8. The van der Waals surface area contributed by atoms with Gasteiger partial charge in [-0.2, -0.15) is 0 Å². The SMILES string of the molecule is Cc1nonc1CNC(=O)N1CC(N2CCCC2)CC1C. The van der Waals surface area contributed by atoms with E-state index in [-0.39, 0.29) is 12.1 Å². The molecule has 0 aromatic carbocycles. The predicted molar refractivity (Wildman–Crippen MR) is 76.7 cm³/mol. The highest BCUT2D eigenvalue weighted by molar-refractivity contribution is 5.74. The summed E-state index contributed by atoms with van der Waals surface area (Å²) in [7, 11) is 0. The van der Waals surface area contributed by atoms with Crippen molar-refractivity contribution in [2.45, 2.75) is 51.7 Å². The van der Waals surface area contributed by atoms with E-state index >= 15 is 0 Å². The van der Waals surface area contributed by atoms with Crippen LogP contribution in [0.3, 0.4) is 0 Å². The molecule has 1 aromatic rings. The number of hydrogen-bond acceptors (Lipinski definition) is 5.